The predicted octanol–water partition coefficient (Wildman–Crippen LogP) is 2.78. The van der Waals surface area contributed by atoms with E-state index in [1.807, 2.05) is 6.92 Å². The van der Waals surface area contributed by atoms with Crippen molar-refractivity contribution in [3.8, 4) is 0 Å². The number of hydrogen-bond acceptors (Lipinski definition) is 4. The zero-order chi connectivity index (χ0) is 18.5. The summed E-state index contributed by atoms with van der Waals surface area (Å²) >= 11 is 0. The average Bonchev–Trinajstić information content (AvgIpc) is 3.28. The SMILES string of the molecule is Cc1c(C(=O)NCC(CC(C)C)N2CCOCC2)cnn1C1CCCC1. The number of carbonyl (C=O) groups is 1. The smallest absolute Gasteiger partial charge is 0.254 e. The second kappa shape index (κ2) is 9.00. The number of hydrogen-bond donors (Lipinski definition) is 1. The second-order valence-corrected chi connectivity index (χ2v) is 8.17. The molecule has 1 saturated heterocycles. The Bertz CT molecular complexity index is 587. The first kappa shape index (κ1) is 19.4. The Kier molecular flexibility index (Phi) is 6.70. The summed E-state index contributed by atoms with van der Waals surface area (Å²) in [4.78, 5) is 15.2. The summed E-state index contributed by atoms with van der Waals surface area (Å²) in [5.74, 6) is 0.611. The number of ether oxygens (including phenoxy) is 1. The Morgan fingerprint density at radius 1 is 1.31 bits per heavy atom. The Hall–Kier alpha value is -1.40. The van der Waals surface area contributed by atoms with Gasteiger partial charge in [0.05, 0.1) is 31.0 Å². The molecule has 1 aromatic heterocycles. The lowest BCUT2D eigenvalue weighted by Crippen LogP contribution is -2.49. The van der Waals surface area contributed by atoms with Gasteiger partial charge in [0.2, 0.25) is 0 Å². The molecule has 1 unspecified atom stereocenters. The standard InChI is InChI=1S/C20H34N4O2/c1-15(2)12-18(23-8-10-26-11-9-23)13-21-20(25)19-14-22-24(16(19)3)17-6-4-5-7-17/h14-15,17-18H,4-13H2,1-3H3,(H,21,25). The molecule has 1 atom stereocenters. The van der Waals surface area contributed by atoms with E-state index in [0.717, 1.165) is 44.0 Å². The average molecular weight is 363 g/mol. The maximum absolute atomic E-state index is 12.8. The maximum atomic E-state index is 12.8. The van der Waals surface area contributed by atoms with Crippen molar-refractivity contribution >= 4 is 5.91 Å². The molecular formula is C20H34N4O2. The predicted molar refractivity (Wildman–Crippen MR) is 102 cm³/mol. The molecule has 1 aliphatic carbocycles. The van der Waals surface area contributed by atoms with Crippen LogP contribution in [0.25, 0.3) is 0 Å². The zero-order valence-corrected chi connectivity index (χ0v) is 16.5. The minimum Gasteiger partial charge on any atom is -0.379 e. The molecule has 26 heavy (non-hydrogen) atoms. The van der Waals surface area contributed by atoms with Crippen molar-refractivity contribution in [3.05, 3.63) is 17.5 Å². The fraction of sp³-hybridized carbons (Fsp3) is 0.800. The largest absolute Gasteiger partial charge is 0.379 e. The van der Waals surface area contributed by atoms with Crippen molar-refractivity contribution in [1.29, 1.82) is 0 Å². The highest BCUT2D eigenvalue weighted by molar-refractivity contribution is 5.95. The van der Waals surface area contributed by atoms with Gasteiger partial charge in [-0.05, 0) is 32.1 Å². The minimum absolute atomic E-state index is 0.00811. The third-order valence-electron chi connectivity index (χ3n) is 5.76. The van der Waals surface area contributed by atoms with Crippen LogP contribution >= 0.6 is 0 Å². The molecule has 1 aliphatic heterocycles. The van der Waals surface area contributed by atoms with Crippen molar-refractivity contribution in [3.63, 3.8) is 0 Å². The number of amides is 1. The Morgan fingerprint density at radius 2 is 2.00 bits per heavy atom. The monoisotopic (exact) mass is 362 g/mol. The van der Waals surface area contributed by atoms with E-state index in [1.54, 1.807) is 6.20 Å². The van der Waals surface area contributed by atoms with Crippen molar-refractivity contribution in [2.24, 2.45) is 5.92 Å². The maximum Gasteiger partial charge on any atom is 0.254 e. The number of carbonyl (C=O) groups excluding carboxylic acids is 1. The van der Waals surface area contributed by atoms with Crippen LogP contribution in [0.2, 0.25) is 0 Å². The molecule has 6 heteroatoms. The normalized spacial score (nSPS) is 20.6. The molecule has 0 aromatic carbocycles. The molecule has 0 radical (unpaired) electrons. The molecule has 1 N–H and O–H groups in total. The van der Waals surface area contributed by atoms with Crippen molar-refractivity contribution in [2.75, 3.05) is 32.8 Å². The third-order valence-corrected chi connectivity index (χ3v) is 5.76. The van der Waals surface area contributed by atoms with Crippen LogP contribution < -0.4 is 5.32 Å². The highest BCUT2D eigenvalue weighted by Crippen LogP contribution is 2.30. The van der Waals surface area contributed by atoms with Gasteiger partial charge in [-0.1, -0.05) is 26.7 Å². The molecule has 3 rings (SSSR count). The lowest BCUT2D eigenvalue weighted by atomic mass is 10.0. The highest BCUT2D eigenvalue weighted by Gasteiger charge is 2.25. The van der Waals surface area contributed by atoms with E-state index in [1.165, 1.54) is 25.7 Å². The molecular weight excluding hydrogens is 328 g/mol. The van der Waals surface area contributed by atoms with Crippen LogP contribution in [0.1, 0.15) is 68.0 Å². The van der Waals surface area contributed by atoms with Crippen LogP contribution in [-0.2, 0) is 4.74 Å². The summed E-state index contributed by atoms with van der Waals surface area (Å²) in [6.45, 7) is 10.7. The van der Waals surface area contributed by atoms with Gasteiger partial charge < -0.3 is 10.1 Å². The highest BCUT2D eigenvalue weighted by atomic mass is 16.5. The number of nitrogens with one attached hydrogen (secondary N) is 1. The van der Waals surface area contributed by atoms with Gasteiger partial charge in [-0.25, -0.2) is 0 Å². The first-order chi connectivity index (χ1) is 12.6. The van der Waals surface area contributed by atoms with Crippen LogP contribution in [-0.4, -0.2) is 59.5 Å². The lowest BCUT2D eigenvalue weighted by molar-refractivity contribution is 0.0124. The second-order valence-electron chi connectivity index (χ2n) is 8.17. The summed E-state index contributed by atoms with van der Waals surface area (Å²) in [5.41, 5.74) is 1.73. The van der Waals surface area contributed by atoms with Crippen LogP contribution in [0, 0.1) is 12.8 Å². The molecule has 146 valence electrons. The number of rotatable bonds is 7. The van der Waals surface area contributed by atoms with Gasteiger partial charge >= 0.3 is 0 Å². The number of morpholine rings is 1. The lowest BCUT2D eigenvalue weighted by Gasteiger charge is -2.35. The molecule has 6 nitrogen and oxygen atoms in total. The molecule has 1 saturated carbocycles. The summed E-state index contributed by atoms with van der Waals surface area (Å²) < 4.78 is 7.54. The van der Waals surface area contributed by atoms with Gasteiger partial charge in [-0.15, -0.1) is 0 Å². The summed E-state index contributed by atoms with van der Waals surface area (Å²) in [6.07, 6.45) is 7.72. The summed E-state index contributed by atoms with van der Waals surface area (Å²) in [7, 11) is 0. The first-order valence-corrected chi connectivity index (χ1v) is 10.2. The van der Waals surface area contributed by atoms with Gasteiger partial charge in [0.15, 0.2) is 0 Å². The van der Waals surface area contributed by atoms with Gasteiger partial charge in [-0.2, -0.15) is 5.10 Å². The molecule has 2 aliphatic rings. The molecule has 1 amide bonds. The third kappa shape index (κ3) is 4.65. The Labute approximate surface area is 157 Å². The summed E-state index contributed by atoms with van der Waals surface area (Å²) in [6, 6.07) is 0.839. The fourth-order valence-corrected chi connectivity index (χ4v) is 4.32. The van der Waals surface area contributed by atoms with E-state index in [2.05, 4.69) is 33.8 Å². The quantitative estimate of drug-likeness (QED) is 0.810. The van der Waals surface area contributed by atoms with Gasteiger partial charge in [0.1, 0.15) is 0 Å². The first-order valence-electron chi connectivity index (χ1n) is 10.2. The molecule has 0 spiro atoms. The Balaban J connectivity index is 1.60. The van der Waals surface area contributed by atoms with Crippen LogP contribution in [0.15, 0.2) is 6.20 Å². The van der Waals surface area contributed by atoms with Crippen molar-refractivity contribution in [2.45, 2.75) is 65.0 Å². The number of nitrogens with zero attached hydrogens (tertiary/aromatic N) is 3. The summed E-state index contributed by atoms with van der Waals surface area (Å²) in [5, 5.41) is 7.68. The van der Waals surface area contributed by atoms with Crippen LogP contribution in [0.3, 0.4) is 0 Å². The number of aromatic nitrogens is 2. The minimum atomic E-state index is 0.00811. The Morgan fingerprint density at radius 3 is 2.65 bits per heavy atom. The van der Waals surface area contributed by atoms with E-state index < -0.39 is 0 Å². The van der Waals surface area contributed by atoms with Gasteiger partial charge in [0, 0.05) is 31.4 Å². The van der Waals surface area contributed by atoms with E-state index in [0.29, 0.717) is 24.5 Å². The zero-order valence-electron chi connectivity index (χ0n) is 16.5. The van der Waals surface area contributed by atoms with E-state index in [-0.39, 0.29) is 5.91 Å². The van der Waals surface area contributed by atoms with E-state index in [9.17, 15) is 4.79 Å². The van der Waals surface area contributed by atoms with Crippen LogP contribution in [0.4, 0.5) is 0 Å². The van der Waals surface area contributed by atoms with Crippen molar-refractivity contribution in [1.82, 2.24) is 20.0 Å². The van der Waals surface area contributed by atoms with Crippen molar-refractivity contribution < 1.29 is 9.53 Å². The molecule has 0 bridgehead atoms. The van der Waals surface area contributed by atoms with Gasteiger partial charge in [-0.3, -0.25) is 14.4 Å². The molecule has 1 aromatic rings. The topological polar surface area (TPSA) is 59.4 Å². The molecule has 2 heterocycles. The molecule has 2 fully saturated rings. The fourth-order valence-electron chi connectivity index (χ4n) is 4.32. The van der Waals surface area contributed by atoms with Gasteiger partial charge in [0.25, 0.3) is 5.91 Å². The van der Waals surface area contributed by atoms with Crippen LogP contribution in [0.5, 0.6) is 0 Å². The van der Waals surface area contributed by atoms with E-state index >= 15 is 0 Å². The van der Waals surface area contributed by atoms with E-state index in [4.69, 9.17) is 4.74 Å².